The van der Waals surface area contributed by atoms with Crippen molar-refractivity contribution in [2.75, 3.05) is 5.32 Å². The highest BCUT2D eigenvalue weighted by molar-refractivity contribution is 7.13. The predicted molar refractivity (Wildman–Crippen MR) is 97.7 cm³/mol. The van der Waals surface area contributed by atoms with Gasteiger partial charge >= 0.3 is 0 Å². The summed E-state index contributed by atoms with van der Waals surface area (Å²) < 4.78 is 13.7. The van der Waals surface area contributed by atoms with Crippen LogP contribution in [0.1, 0.15) is 11.3 Å². The third kappa shape index (κ3) is 4.09. The Morgan fingerprint density at radius 3 is 2.85 bits per heavy atom. The summed E-state index contributed by atoms with van der Waals surface area (Å²) in [4.78, 5) is 26.7. The number of benzene rings is 2. The van der Waals surface area contributed by atoms with Crippen LogP contribution >= 0.6 is 11.3 Å². The molecule has 26 heavy (non-hydrogen) atoms. The lowest BCUT2D eigenvalue weighted by molar-refractivity contribution is -0.384. The first-order valence-corrected chi connectivity index (χ1v) is 8.55. The predicted octanol–water partition coefficient (Wildman–Crippen LogP) is 4.35. The Hall–Kier alpha value is -3.13. The number of carbonyl (C=O) groups is 1. The molecule has 0 atom stereocenters. The van der Waals surface area contributed by atoms with Crippen molar-refractivity contribution in [1.29, 1.82) is 0 Å². The summed E-state index contributed by atoms with van der Waals surface area (Å²) in [6.07, 6.45) is -0.0511. The summed E-state index contributed by atoms with van der Waals surface area (Å²) in [5, 5.41) is 15.7. The zero-order valence-electron chi connectivity index (χ0n) is 13.7. The fraction of sp³-hybridized carbons (Fsp3) is 0.111. The molecule has 0 spiro atoms. The number of hydrogen-bond acceptors (Lipinski definition) is 5. The van der Waals surface area contributed by atoms with Gasteiger partial charge in [0.2, 0.25) is 5.91 Å². The monoisotopic (exact) mass is 371 g/mol. The molecule has 132 valence electrons. The van der Waals surface area contributed by atoms with E-state index in [1.54, 1.807) is 5.38 Å². The van der Waals surface area contributed by atoms with Crippen LogP contribution in [0.5, 0.6) is 0 Å². The quantitative estimate of drug-likeness (QED) is 0.534. The highest BCUT2D eigenvalue weighted by Crippen LogP contribution is 2.25. The van der Waals surface area contributed by atoms with Crippen molar-refractivity contribution in [2.24, 2.45) is 0 Å². The Bertz CT molecular complexity index is 987. The summed E-state index contributed by atoms with van der Waals surface area (Å²) >= 11 is 1.41. The van der Waals surface area contributed by atoms with Gasteiger partial charge in [-0.3, -0.25) is 14.9 Å². The first-order valence-electron chi connectivity index (χ1n) is 7.67. The molecule has 0 aliphatic rings. The average molecular weight is 371 g/mol. The van der Waals surface area contributed by atoms with Crippen molar-refractivity contribution in [3.05, 3.63) is 75.0 Å². The number of anilines is 1. The second-order valence-electron chi connectivity index (χ2n) is 5.66. The fourth-order valence-electron chi connectivity index (χ4n) is 2.38. The van der Waals surface area contributed by atoms with Crippen molar-refractivity contribution in [3.8, 4) is 10.6 Å². The van der Waals surface area contributed by atoms with E-state index in [0.717, 1.165) is 34.3 Å². The van der Waals surface area contributed by atoms with Crippen molar-refractivity contribution in [1.82, 2.24) is 4.98 Å². The Balaban J connectivity index is 1.71. The highest BCUT2D eigenvalue weighted by Gasteiger charge is 2.14. The van der Waals surface area contributed by atoms with Gasteiger partial charge in [0, 0.05) is 23.1 Å². The van der Waals surface area contributed by atoms with Gasteiger partial charge in [0.25, 0.3) is 5.69 Å². The van der Waals surface area contributed by atoms with E-state index < -0.39 is 16.6 Å². The van der Waals surface area contributed by atoms with E-state index in [-0.39, 0.29) is 17.8 Å². The Kier molecular flexibility index (Phi) is 5.04. The molecule has 0 aliphatic heterocycles. The smallest absolute Gasteiger partial charge is 0.271 e. The largest absolute Gasteiger partial charge is 0.323 e. The lowest BCUT2D eigenvalue weighted by Crippen LogP contribution is -2.15. The zero-order chi connectivity index (χ0) is 18.7. The van der Waals surface area contributed by atoms with Gasteiger partial charge in [0.05, 0.1) is 22.7 Å². The maximum Gasteiger partial charge on any atom is 0.271 e. The molecule has 8 heteroatoms. The van der Waals surface area contributed by atoms with Crippen LogP contribution in [0.25, 0.3) is 10.6 Å². The van der Waals surface area contributed by atoms with Crippen LogP contribution in [0.3, 0.4) is 0 Å². The molecule has 6 nitrogen and oxygen atoms in total. The van der Waals surface area contributed by atoms with Gasteiger partial charge in [-0.25, -0.2) is 9.37 Å². The van der Waals surface area contributed by atoms with E-state index >= 15 is 0 Å². The molecule has 0 aliphatic carbocycles. The number of halogens is 1. The fourth-order valence-corrected chi connectivity index (χ4v) is 3.20. The standard InChI is InChI=1S/C18H14FN3O3S/c1-11-3-2-4-12(7-11)18-20-13(10-26-18)8-17(23)21-16-9-14(22(24)25)5-6-15(16)19/h2-7,9-10H,8H2,1H3,(H,21,23). The number of nitrogens with zero attached hydrogens (tertiary/aromatic N) is 2. The lowest BCUT2D eigenvalue weighted by atomic mass is 10.1. The minimum absolute atomic E-state index is 0.0511. The van der Waals surface area contributed by atoms with Gasteiger partial charge in [-0.05, 0) is 19.1 Å². The van der Waals surface area contributed by atoms with Crippen molar-refractivity contribution in [3.63, 3.8) is 0 Å². The number of aryl methyl sites for hydroxylation is 1. The van der Waals surface area contributed by atoms with Crippen LogP contribution in [-0.2, 0) is 11.2 Å². The minimum Gasteiger partial charge on any atom is -0.323 e. The minimum atomic E-state index is -0.734. The summed E-state index contributed by atoms with van der Waals surface area (Å²) in [6.45, 7) is 1.99. The van der Waals surface area contributed by atoms with Crippen molar-refractivity contribution < 1.29 is 14.1 Å². The number of aromatic nitrogens is 1. The van der Waals surface area contributed by atoms with Crippen LogP contribution in [0.4, 0.5) is 15.8 Å². The number of nitro groups is 1. The molecular formula is C18H14FN3O3S. The first-order chi connectivity index (χ1) is 12.4. The van der Waals surface area contributed by atoms with E-state index in [2.05, 4.69) is 10.3 Å². The molecule has 3 aromatic rings. The van der Waals surface area contributed by atoms with Gasteiger partial charge in [-0.15, -0.1) is 11.3 Å². The van der Waals surface area contributed by atoms with E-state index in [4.69, 9.17) is 0 Å². The van der Waals surface area contributed by atoms with Crippen LogP contribution < -0.4 is 5.32 Å². The highest BCUT2D eigenvalue weighted by atomic mass is 32.1. The number of rotatable bonds is 5. The maximum absolute atomic E-state index is 13.7. The van der Waals surface area contributed by atoms with Crippen LogP contribution in [-0.4, -0.2) is 15.8 Å². The molecule has 1 heterocycles. The molecular weight excluding hydrogens is 357 g/mol. The van der Waals surface area contributed by atoms with Gasteiger partial charge in [0.15, 0.2) is 0 Å². The number of amides is 1. The number of nitrogens with one attached hydrogen (secondary N) is 1. The number of nitro benzene ring substituents is 1. The van der Waals surface area contributed by atoms with Crippen molar-refractivity contribution >= 4 is 28.6 Å². The second-order valence-corrected chi connectivity index (χ2v) is 6.52. The topological polar surface area (TPSA) is 85.1 Å². The summed E-state index contributed by atoms with van der Waals surface area (Å²) in [7, 11) is 0. The Labute approximate surface area is 152 Å². The molecule has 1 N–H and O–H groups in total. The van der Waals surface area contributed by atoms with Crippen molar-refractivity contribution in [2.45, 2.75) is 13.3 Å². The van der Waals surface area contributed by atoms with E-state index in [1.807, 2.05) is 31.2 Å². The molecule has 2 aromatic carbocycles. The van der Waals surface area contributed by atoms with Crippen LogP contribution in [0.2, 0.25) is 0 Å². The van der Waals surface area contributed by atoms with Gasteiger partial charge in [-0.2, -0.15) is 0 Å². The Morgan fingerprint density at radius 1 is 1.31 bits per heavy atom. The number of thiazole rings is 1. The second kappa shape index (κ2) is 7.40. The zero-order valence-corrected chi connectivity index (χ0v) is 14.5. The van der Waals surface area contributed by atoms with Gasteiger partial charge < -0.3 is 5.32 Å². The summed E-state index contributed by atoms with van der Waals surface area (Å²) in [5.74, 6) is -1.23. The Morgan fingerprint density at radius 2 is 2.12 bits per heavy atom. The normalized spacial score (nSPS) is 10.5. The summed E-state index contributed by atoms with van der Waals surface area (Å²) in [6, 6.07) is 10.8. The van der Waals surface area contributed by atoms with E-state index in [1.165, 1.54) is 11.3 Å². The molecule has 1 amide bonds. The first kappa shape index (κ1) is 17.7. The van der Waals surface area contributed by atoms with E-state index in [9.17, 15) is 19.3 Å². The molecule has 0 saturated carbocycles. The lowest BCUT2D eigenvalue weighted by Gasteiger charge is -2.05. The van der Waals surface area contributed by atoms with Gasteiger partial charge in [0.1, 0.15) is 10.8 Å². The van der Waals surface area contributed by atoms with Gasteiger partial charge in [-0.1, -0.05) is 23.8 Å². The van der Waals surface area contributed by atoms with Crippen LogP contribution in [0.15, 0.2) is 47.8 Å². The molecule has 0 bridgehead atoms. The molecule has 1 aromatic heterocycles. The SMILES string of the molecule is Cc1cccc(-c2nc(CC(=O)Nc3cc([N+](=O)[O-])ccc3F)cs2)c1. The maximum atomic E-state index is 13.7. The number of non-ortho nitro benzene ring substituents is 1. The molecule has 3 rings (SSSR count). The molecule has 0 saturated heterocycles. The number of hydrogen-bond donors (Lipinski definition) is 1. The molecule has 0 fully saturated rings. The van der Waals surface area contributed by atoms with Crippen LogP contribution in [0, 0.1) is 22.9 Å². The molecule has 0 radical (unpaired) electrons. The third-order valence-corrected chi connectivity index (χ3v) is 4.53. The molecule has 0 unspecified atom stereocenters. The average Bonchev–Trinajstić information content (AvgIpc) is 3.05. The third-order valence-electron chi connectivity index (χ3n) is 3.59. The van der Waals surface area contributed by atoms with E-state index in [0.29, 0.717) is 5.69 Å². The summed E-state index contributed by atoms with van der Waals surface area (Å²) in [5.41, 5.74) is 2.11. The number of carbonyl (C=O) groups excluding carboxylic acids is 1.